The zero-order valence-corrected chi connectivity index (χ0v) is 16.3. The van der Waals surface area contributed by atoms with Crippen LogP contribution in [-0.4, -0.2) is 17.0 Å². The van der Waals surface area contributed by atoms with Crippen LogP contribution in [0.1, 0.15) is 57.6 Å². The molecule has 25 heavy (non-hydrogen) atoms. The standard InChI is InChI=1S/C20H24BrN3O/c1-19(2)13-6-7-14(9-13)20(19)11-18(24-25-20)17-10-16(22-23-17)12-4-3-5-15(21)8-12/h3-5,8,13-14,16,22H,6-7,9-11H2,1-2H3/t13-,14+,16?,20?/m1/s1. The number of fused-ring (bicyclic) bond motifs is 3. The SMILES string of the molecule is CC1(C)[C@@H]2CC[C@@H](C2)C12CC(C1=NNC(c3cccc(Br)c3)C1)=NO2. The van der Waals surface area contributed by atoms with Gasteiger partial charge in [-0.15, -0.1) is 0 Å². The van der Waals surface area contributed by atoms with E-state index in [0.717, 1.165) is 34.7 Å². The van der Waals surface area contributed by atoms with E-state index in [0.29, 0.717) is 5.92 Å². The second kappa shape index (κ2) is 5.32. The van der Waals surface area contributed by atoms with Crippen LogP contribution in [0.15, 0.2) is 39.0 Å². The molecule has 2 bridgehead atoms. The third-order valence-corrected chi connectivity index (χ3v) is 7.78. The first kappa shape index (κ1) is 15.9. The molecule has 2 saturated carbocycles. The number of hydrazone groups is 1. The Bertz CT molecular complexity index is 787. The van der Waals surface area contributed by atoms with Crippen LogP contribution in [0.2, 0.25) is 0 Å². The van der Waals surface area contributed by atoms with E-state index in [1.807, 2.05) is 0 Å². The topological polar surface area (TPSA) is 46.0 Å². The van der Waals surface area contributed by atoms with Crippen molar-refractivity contribution >= 4 is 27.4 Å². The van der Waals surface area contributed by atoms with Crippen molar-refractivity contribution in [2.45, 2.75) is 57.6 Å². The van der Waals surface area contributed by atoms with Crippen molar-refractivity contribution in [1.82, 2.24) is 5.43 Å². The summed E-state index contributed by atoms with van der Waals surface area (Å²) in [6.45, 7) is 4.77. The first-order chi connectivity index (χ1) is 12.0. The van der Waals surface area contributed by atoms with Gasteiger partial charge in [0.25, 0.3) is 0 Å². The van der Waals surface area contributed by atoms with Gasteiger partial charge < -0.3 is 10.3 Å². The summed E-state index contributed by atoms with van der Waals surface area (Å²) in [6.07, 6.45) is 5.76. The maximum Gasteiger partial charge on any atom is 0.151 e. The minimum atomic E-state index is -0.0956. The predicted molar refractivity (Wildman–Crippen MR) is 103 cm³/mol. The van der Waals surface area contributed by atoms with Crippen molar-refractivity contribution in [2.75, 3.05) is 0 Å². The summed E-state index contributed by atoms with van der Waals surface area (Å²) < 4.78 is 1.10. The zero-order valence-electron chi connectivity index (χ0n) is 14.8. The number of benzene rings is 1. The van der Waals surface area contributed by atoms with Gasteiger partial charge in [-0.2, -0.15) is 5.10 Å². The molecule has 5 rings (SSSR count). The highest BCUT2D eigenvalue weighted by Crippen LogP contribution is 2.65. The fourth-order valence-electron chi connectivity index (χ4n) is 5.64. The minimum Gasteiger partial charge on any atom is -0.388 e. The molecule has 4 nitrogen and oxygen atoms in total. The fraction of sp³-hybridized carbons (Fsp3) is 0.600. The van der Waals surface area contributed by atoms with E-state index in [4.69, 9.17) is 4.84 Å². The van der Waals surface area contributed by atoms with E-state index in [-0.39, 0.29) is 17.1 Å². The van der Waals surface area contributed by atoms with Crippen LogP contribution in [0, 0.1) is 17.3 Å². The highest BCUT2D eigenvalue weighted by atomic mass is 79.9. The molecule has 0 radical (unpaired) electrons. The molecular weight excluding hydrogens is 378 g/mol. The molecular formula is C20H24BrN3O. The second-order valence-electron chi connectivity index (χ2n) is 8.62. The summed E-state index contributed by atoms with van der Waals surface area (Å²) in [4.78, 5) is 6.21. The maximum atomic E-state index is 6.21. The van der Waals surface area contributed by atoms with Crippen molar-refractivity contribution < 1.29 is 4.84 Å². The zero-order chi connectivity index (χ0) is 17.2. The average molecular weight is 402 g/mol. The Morgan fingerprint density at radius 1 is 1.20 bits per heavy atom. The fourth-order valence-corrected chi connectivity index (χ4v) is 6.06. The van der Waals surface area contributed by atoms with E-state index in [9.17, 15) is 0 Å². The Balaban J connectivity index is 1.33. The molecule has 2 aliphatic heterocycles. The normalized spacial score (nSPS) is 37.8. The van der Waals surface area contributed by atoms with Crippen LogP contribution >= 0.6 is 15.9 Å². The Labute approximate surface area is 157 Å². The van der Waals surface area contributed by atoms with Crippen molar-refractivity contribution in [2.24, 2.45) is 27.5 Å². The van der Waals surface area contributed by atoms with Gasteiger partial charge in [-0.05, 0) is 42.9 Å². The molecule has 2 aliphatic carbocycles. The van der Waals surface area contributed by atoms with Gasteiger partial charge in [-0.1, -0.05) is 47.1 Å². The lowest BCUT2D eigenvalue weighted by atomic mass is 9.63. The van der Waals surface area contributed by atoms with Crippen LogP contribution in [0.3, 0.4) is 0 Å². The molecule has 2 heterocycles. The summed E-state index contributed by atoms with van der Waals surface area (Å²) in [5.41, 5.74) is 6.78. The second-order valence-corrected chi connectivity index (χ2v) is 9.54. The summed E-state index contributed by atoms with van der Waals surface area (Å²) in [5.74, 6) is 1.44. The van der Waals surface area contributed by atoms with Gasteiger partial charge in [0.2, 0.25) is 0 Å². The molecule has 2 unspecified atom stereocenters. The summed E-state index contributed by atoms with van der Waals surface area (Å²) in [7, 11) is 0. The number of oxime groups is 1. The van der Waals surface area contributed by atoms with Gasteiger partial charge in [0.05, 0.1) is 11.8 Å². The number of hydrogen-bond acceptors (Lipinski definition) is 4. The largest absolute Gasteiger partial charge is 0.388 e. The Kier molecular flexibility index (Phi) is 3.38. The van der Waals surface area contributed by atoms with E-state index in [1.165, 1.54) is 24.8 Å². The first-order valence-corrected chi connectivity index (χ1v) is 10.1. The molecule has 1 aromatic rings. The Hall–Kier alpha value is -1.36. The van der Waals surface area contributed by atoms with Gasteiger partial charge in [0.15, 0.2) is 5.60 Å². The Morgan fingerprint density at radius 2 is 2.04 bits per heavy atom. The van der Waals surface area contributed by atoms with Gasteiger partial charge in [0, 0.05) is 28.6 Å². The molecule has 4 aliphatic rings. The highest BCUT2D eigenvalue weighted by Gasteiger charge is 2.67. The average Bonchev–Trinajstić information content (AvgIpc) is 3.34. The molecule has 0 aromatic heterocycles. The van der Waals surface area contributed by atoms with E-state index in [2.05, 4.69) is 69.7 Å². The van der Waals surface area contributed by atoms with Crippen LogP contribution in [-0.2, 0) is 4.84 Å². The van der Waals surface area contributed by atoms with Crippen molar-refractivity contribution in [3.63, 3.8) is 0 Å². The molecule has 4 atom stereocenters. The number of rotatable bonds is 2. The lowest BCUT2D eigenvalue weighted by Crippen LogP contribution is -2.49. The summed E-state index contributed by atoms with van der Waals surface area (Å²) >= 11 is 3.55. The van der Waals surface area contributed by atoms with Crippen molar-refractivity contribution in [1.29, 1.82) is 0 Å². The highest BCUT2D eigenvalue weighted by molar-refractivity contribution is 9.10. The van der Waals surface area contributed by atoms with E-state index < -0.39 is 0 Å². The third kappa shape index (κ3) is 2.17. The van der Waals surface area contributed by atoms with Gasteiger partial charge in [-0.25, -0.2) is 0 Å². The van der Waals surface area contributed by atoms with Gasteiger partial charge >= 0.3 is 0 Å². The van der Waals surface area contributed by atoms with E-state index >= 15 is 0 Å². The molecule has 1 N–H and O–H groups in total. The number of nitrogens with one attached hydrogen (secondary N) is 1. The predicted octanol–water partition coefficient (Wildman–Crippen LogP) is 4.81. The molecule has 0 saturated heterocycles. The molecule has 5 heteroatoms. The monoisotopic (exact) mass is 401 g/mol. The molecule has 2 fully saturated rings. The van der Waals surface area contributed by atoms with Crippen molar-refractivity contribution in [3.8, 4) is 0 Å². The third-order valence-electron chi connectivity index (χ3n) is 7.29. The number of halogens is 1. The lowest BCUT2D eigenvalue weighted by Gasteiger charge is -2.44. The quantitative estimate of drug-likeness (QED) is 0.772. The molecule has 0 amide bonds. The summed E-state index contributed by atoms with van der Waals surface area (Å²) in [5, 5.41) is 9.16. The van der Waals surface area contributed by atoms with Crippen LogP contribution in [0.5, 0.6) is 0 Å². The first-order valence-electron chi connectivity index (χ1n) is 9.32. The van der Waals surface area contributed by atoms with E-state index in [1.54, 1.807) is 0 Å². The molecule has 132 valence electrons. The van der Waals surface area contributed by atoms with Crippen LogP contribution in [0.25, 0.3) is 0 Å². The number of hydrogen-bond donors (Lipinski definition) is 1. The lowest BCUT2D eigenvalue weighted by molar-refractivity contribution is -0.135. The molecule has 1 spiro atoms. The molecule has 1 aromatic carbocycles. The van der Waals surface area contributed by atoms with Crippen molar-refractivity contribution in [3.05, 3.63) is 34.3 Å². The maximum absolute atomic E-state index is 6.21. The van der Waals surface area contributed by atoms with Gasteiger partial charge in [-0.3, -0.25) is 0 Å². The number of nitrogens with zero attached hydrogens (tertiary/aromatic N) is 2. The minimum absolute atomic E-state index is 0.0956. The van der Waals surface area contributed by atoms with Gasteiger partial charge in [0.1, 0.15) is 5.71 Å². The Morgan fingerprint density at radius 3 is 2.80 bits per heavy atom. The summed E-state index contributed by atoms with van der Waals surface area (Å²) in [6, 6.07) is 8.65. The smallest absolute Gasteiger partial charge is 0.151 e. The van der Waals surface area contributed by atoms with Crippen LogP contribution < -0.4 is 5.43 Å². The van der Waals surface area contributed by atoms with Crippen LogP contribution in [0.4, 0.5) is 0 Å².